The number of phenols is 1. The van der Waals surface area contributed by atoms with E-state index < -0.39 is 0 Å². The zero-order valence-corrected chi connectivity index (χ0v) is 17.7. The van der Waals surface area contributed by atoms with E-state index in [9.17, 15) is 9.90 Å². The molecule has 2 aliphatic carbocycles. The van der Waals surface area contributed by atoms with Crippen molar-refractivity contribution in [2.75, 3.05) is 5.32 Å². The van der Waals surface area contributed by atoms with Crippen molar-refractivity contribution in [3.05, 3.63) is 47.0 Å². The molecule has 0 radical (unpaired) electrons. The quantitative estimate of drug-likeness (QED) is 0.578. The number of hydrogen-bond donors (Lipinski definition) is 2. The van der Waals surface area contributed by atoms with E-state index in [2.05, 4.69) is 5.32 Å². The minimum absolute atomic E-state index is 0.0371. The summed E-state index contributed by atoms with van der Waals surface area (Å²) in [6.07, 6.45) is 8.14. The maximum atomic E-state index is 12.8. The van der Waals surface area contributed by atoms with Gasteiger partial charge >= 0.3 is 0 Å². The Kier molecular flexibility index (Phi) is 5.25. The van der Waals surface area contributed by atoms with Gasteiger partial charge in [0.1, 0.15) is 11.4 Å². The van der Waals surface area contributed by atoms with Gasteiger partial charge in [0.25, 0.3) is 0 Å². The molecule has 154 valence electrons. The molecule has 2 N–H and O–H groups in total. The number of carbonyl (C=O) groups is 1. The number of carbonyl (C=O) groups excluding carboxylic acids is 1. The molecule has 2 heterocycles. The lowest BCUT2D eigenvalue weighted by Gasteiger charge is -2.22. The molecule has 3 aromatic rings. The second-order valence-electron chi connectivity index (χ2n) is 8.29. The number of fused-ring (bicyclic) bond motifs is 3. The second-order valence-corrected chi connectivity index (χ2v) is 9.24. The van der Waals surface area contributed by atoms with Gasteiger partial charge in [-0.3, -0.25) is 4.79 Å². The van der Waals surface area contributed by atoms with Crippen molar-refractivity contribution in [2.45, 2.75) is 51.4 Å². The van der Waals surface area contributed by atoms with Gasteiger partial charge in [0.15, 0.2) is 5.82 Å². The monoisotopic (exact) mass is 419 g/mol. The third-order valence-electron chi connectivity index (χ3n) is 6.15. The number of hydrogen-bond acceptors (Lipinski definition) is 5. The van der Waals surface area contributed by atoms with E-state index in [0.717, 1.165) is 58.8 Å². The lowest BCUT2D eigenvalue weighted by atomic mass is 9.87. The molecule has 0 atom stereocenters. The summed E-state index contributed by atoms with van der Waals surface area (Å²) in [5.74, 6) is 1.36. The average molecular weight is 420 g/mol. The van der Waals surface area contributed by atoms with Gasteiger partial charge in [0, 0.05) is 12.0 Å². The molecule has 1 fully saturated rings. The molecule has 0 saturated heterocycles. The number of aromatic nitrogens is 2. The number of nitrogens with one attached hydrogen (secondary N) is 1. The Morgan fingerprint density at radius 3 is 2.77 bits per heavy atom. The number of aryl methyl sites for hydroxylation is 2. The fraction of sp³-hybridized carbons (Fsp3) is 0.375. The van der Waals surface area contributed by atoms with E-state index in [1.165, 1.54) is 19.3 Å². The fourth-order valence-corrected chi connectivity index (χ4v) is 5.35. The molecule has 0 bridgehead atoms. The molecule has 5 nitrogen and oxygen atoms in total. The maximum Gasteiger partial charge on any atom is 0.225 e. The number of rotatable bonds is 4. The largest absolute Gasteiger partial charge is 0.508 e. The molecular weight excluding hydrogens is 394 g/mol. The van der Waals surface area contributed by atoms with Gasteiger partial charge in [-0.25, -0.2) is 9.97 Å². The zero-order valence-electron chi connectivity index (χ0n) is 16.9. The molecular formula is C24H25N3O2S. The Balaban J connectivity index is 1.50. The van der Waals surface area contributed by atoms with Gasteiger partial charge in [-0.1, -0.05) is 25.3 Å². The van der Waals surface area contributed by atoms with Crippen LogP contribution in [0.2, 0.25) is 0 Å². The van der Waals surface area contributed by atoms with Crippen LogP contribution < -0.4 is 5.32 Å². The molecule has 30 heavy (non-hydrogen) atoms. The SMILES string of the molecule is O=C(CC1CCCCC1)Nc1nc2c(nc1-c1cccs1)-c1ccc(O)cc1CC2. The van der Waals surface area contributed by atoms with Crippen molar-refractivity contribution in [1.29, 1.82) is 0 Å². The summed E-state index contributed by atoms with van der Waals surface area (Å²) in [5.41, 5.74) is 4.58. The van der Waals surface area contributed by atoms with E-state index >= 15 is 0 Å². The highest BCUT2D eigenvalue weighted by Crippen LogP contribution is 2.38. The molecule has 0 spiro atoms. The van der Waals surface area contributed by atoms with E-state index in [-0.39, 0.29) is 11.7 Å². The number of phenolic OH excluding ortho intramolecular Hbond substituents is 1. The normalized spacial score (nSPS) is 16.0. The van der Waals surface area contributed by atoms with Crippen molar-refractivity contribution >= 4 is 23.1 Å². The lowest BCUT2D eigenvalue weighted by molar-refractivity contribution is -0.117. The summed E-state index contributed by atoms with van der Waals surface area (Å²) in [5, 5.41) is 14.9. The molecule has 1 saturated carbocycles. The molecule has 6 heteroatoms. The van der Waals surface area contributed by atoms with Crippen LogP contribution in [0, 0.1) is 5.92 Å². The Hall–Kier alpha value is -2.73. The summed E-state index contributed by atoms with van der Waals surface area (Å²) < 4.78 is 0. The van der Waals surface area contributed by atoms with E-state index in [1.54, 1.807) is 17.4 Å². The van der Waals surface area contributed by atoms with Crippen LogP contribution in [-0.4, -0.2) is 21.0 Å². The van der Waals surface area contributed by atoms with Crippen LogP contribution in [0.5, 0.6) is 5.75 Å². The fourth-order valence-electron chi connectivity index (χ4n) is 4.64. The Morgan fingerprint density at radius 2 is 1.97 bits per heavy atom. The van der Waals surface area contributed by atoms with Gasteiger partial charge in [-0.15, -0.1) is 11.3 Å². The lowest BCUT2D eigenvalue weighted by Crippen LogP contribution is -2.20. The predicted octanol–water partition coefficient (Wildman–Crippen LogP) is 5.59. The third kappa shape index (κ3) is 3.84. The minimum Gasteiger partial charge on any atom is -0.508 e. The van der Waals surface area contributed by atoms with E-state index in [1.807, 2.05) is 29.6 Å². The van der Waals surface area contributed by atoms with Crippen LogP contribution in [0.1, 0.15) is 49.8 Å². The van der Waals surface area contributed by atoms with Gasteiger partial charge in [0.2, 0.25) is 5.91 Å². The van der Waals surface area contributed by atoms with Gasteiger partial charge < -0.3 is 10.4 Å². The Bertz CT molecular complexity index is 1070. The summed E-state index contributed by atoms with van der Waals surface area (Å²) in [6.45, 7) is 0. The Labute approximate surface area is 180 Å². The highest BCUT2D eigenvalue weighted by molar-refractivity contribution is 7.13. The highest BCUT2D eigenvalue weighted by atomic mass is 32.1. The first kappa shape index (κ1) is 19.2. The van der Waals surface area contributed by atoms with Crippen molar-refractivity contribution in [1.82, 2.24) is 9.97 Å². The first-order chi connectivity index (χ1) is 14.7. The number of thiophene rings is 1. The van der Waals surface area contributed by atoms with Crippen molar-refractivity contribution < 1.29 is 9.90 Å². The van der Waals surface area contributed by atoms with Crippen molar-refractivity contribution in [2.24, 2.45) is 5.92 Å². The summed E-state index contributed by atoms with van der Waals surface area (Å²) >= 11 is 1.59. The maximum absolute atomic E-state index is 12.8. The third-order valence-corrected chi connectivity index (χ3v) is 7.03. The standard InChI is InChI=1S/C24H25N3O2S/c28-17-9-10-18-16(14-17)8-11-19-22(18)27-23(20-7-4-12-30-20)24(25-19)26-21(29)13-15-5-2-1-3-6-15/h4,7,9-10,12,14-15,28H,1-3,5-6,8,11,13H2,(H,25,26,29). The number of nitrogens with zero attached hydrogens (tertiary/aromatic N) is 2. The minimum atomic E-state index is 0.0371. The van der Waals surface area contributed by atoms with Gasteiger partial charge in [0.05, 0.1) is 16.3 Å². The Morgan fingerprint density at radius 1 is 1.10 bits per heavy atom. The molecule has 0 aliphatic heterocycles. The summed E-state index contributed by atoms with van der Waals surface area (Å²) in [6, 6.07) is 9.42. The molecule has 2 aliphatic rings. The average Bonchev–Trinajstić information content (AvgIpc) is 3.28. The first-order valence-electron chi connectivity index (χ1n) is 10.7. The van der Waals surface area contributed by atoms with Crippen molar-refractivity contribution in [3.8, 4) is 27.6 Å². The molecule has 1 aromatic carbocycles. The predicted molar refractivity (Wildman–Crippen MR) is 120 cm³/mol. The van der Waals surface area contributed by atoms with Crippen LogP contribution in [-0.2, 0) is 17.6 Å². The van der Waals surface area contributed by atoms with Gasteiger partial charge in [-0.2, -0.15) is 0 Å². The summed E-state index contributed by atoms with van der Waals surface area (Å²) in [7, 11) is 0. The topological polar surface area (TPSA) is 75.1 Å². The van der Waals surface area contributed by atoms with Crippen LogP contribution in [0.25, 0.3) is 21.8 Å². The smallest absolute Gasteiger partial charge is 0.225 e. The number of amides is 1. The van der Waals surface area contributed by atoms with Crippen LogP contribution in [0.3, 0.4) is 0 Å². The highest BCUT2D eigenvalue weighted by Gasteiger charge is 2.24. The van der Waals surface area contributed by atoms with E-state index in [0.29, 0.717) is 18.2 Å². The molecule has 0 unspecified atom stereocenters. The van der Waals surface area contributed by atoms with Crippen LogP contribution >= 0.6 is 11.3 Å². The van der Waals surface area contributed by atoms with Crippen molar-refractivity contribution in [3.63, 3.8) is 0 Å². The number of benzene rings is 1. The molecule has 2 aromatic heterocycles. The number of anilines is 1. The van der Waals surface area contributed by atoms with Gasteiger partial charge in [-0.05, 0) is 66.8 Å². The second kappa shape index (κ2) is 8.19. The molecule has 1 amide bonds. The summed E-state index contributed by atoms with van der Waals surface area (Å²) in [4.78, 5) is 23.6. The van der Waals surface area contributed by atoms with Crippen LogP contribution in [0.4, 0.5) is 5.82 Å². The zero-order chi connectivity index (χ0) is 20.5. The van der Waals surface area contributed by atoms with E-state index in [4.69, 9.17) is 9.97 Å². The number of aromatic hydroxyl groups is 1. The van der Waals surface area contributed by atoms with Crippen LogP contribution in [0.15, 0.2) is 35.7 Å². The molecule has 5 rings (SSSR count). The first-order valence-corrected chi connectivity index (χ1v) is 11.6.